The van der Waals surface area contributed by atoms with Crippen LogP contribution >= 0.6 is 0 Å². The Morgan fingerprint density at radius 3 is 2.55 bits per heavy atom. The molecule has 160 valence electrons. The van der Waals surface area contributed by atoms with Crippen LogP contribution < -0.4 is 0 Å². The van der Waals surface area contributed by atoms with Crippen molar-refractivity contribution in [3.05, 3.63) is 24.0 Å². The molecule has 0 N–H and O–H groups in total. The molecule has 1 amide bonds. The summed E-state index contributed by atoms with van der Waals surface area (Å²) >= 11 is 0. The van der Waals surface area contributed by atoms with Crippen LogP contribution in [0, 0.1) is 5.92 Å². The molecule has 1 saturated heterocycles. The number of likely N-dealkylation sites (tertiary alicyclic amines) is 1. The number of imidazole rings is 1. The van der Waals surface area contributed by atoms with Crippen molar-refractivity contribution < 1.29 is 13.2 Å². The molecular weight excluding hydrogens is 388 g/mol. The van der Waals surface area contributed by atoms with Gasteiger partial charge in [0.05, 0.1) is 15.9 Å². The summed E-state index contributed by atoms with van der Waals surface area (Å²) in [6, 6.07) is 5.14. The molecule has 3 rings (SSSR count). The lowest BCUT2D eigenvalue weighted by molar-refractivity contribution is -0.130. The summed E-state index contributed by atoms with van der Waals surface area (Å²) < 4.78 is 29.2. The van der Waals surface area contributed by atoms with Gasteiger partial charge in [0.2, 0.25) is 15.9 Å². The predicted molar refractivity (Wildman–Crippen MR) is 114 cm³/mol. The van der Waals surface area contributed by atoms with Crippen LogP contribution in [0.4, 0.5) is 0 Å². The van der Waals surface area contributed by atoms with Gasteiger partial charge in [-0.3, -0.25) is 4.79 Å². The van der Waals surface area contributed by atoms with Crippen molar-refractivity contribution in [3.63, 3.8) is 0 Å². The Morgan fingerprint density at radius 1 is 1.24 bits per heavy atom. The van der Waals surface area contributed by atoms with Crippen LogP contribution in [-0.4, -0.2) is 59.3 Å². The normalized spacial score (nSPS) is 17.6. The molecule has 2 aromatic rings. The van der Waals surface area contributed by atoms with E-state index >= 15 is 0 Å². The molecule has 1 aromatic carbocycles. The fourth-order valence-corrected chi connectivity index (χ4v) is 5.59. The molecule has 8 heteroatoms. The van der Waals surface area contributed by atoms with Gasteiger partial charge in [0.15, 0.2) is 0 Å². The van der Waals surface area contributed by atoms with Crippen LogP contribution in [0.15, 0.2) is 23.1 Å². The third kappa shape index (κ3) is 4.33. The summed E-state index contributed by atoms with van der Waals surface area (Å²) in [4.78, 5) is 19.4. The first-order valence-electron chi connectivity index (χ1n) is 10.6. The maximum atomic E-state index is 12.8. The average molecular weight is 421 g/mol. The lowest BCUT2D eigenvalue weighted by Gasteiger charge is -2.18. The molecule has 0 saturated carbocycles. The highest BCUT2D eigenvalue weighted by Gasteiger charge is 2.25. The highest BCUT2D eigenvalue weighted by molar-refractivity contribution is 7.89. The highest BCUT2D eigenvalue weighted by Crippen LogP contribution is 2.24. The van der Waals surface area contributed by atoms with Crippen LogP contribution in [0.2, 0.25) is 0 Å². The SMILES string of the molecule is CCN(CC)S(=O)(=O)c1ccc2c(c1)nc(CCC(=O)N1CCC(C)C1)n2CC. The lowest BCUT2D eigenvalue weighted by atomic mass is 10.2. The van der Waals surface area contributed by atoms with E-state index in [1.807, 2.05) is 31.7 Å². The van der Waals surface area contributed by atoms with E-state index in [9.17, 15) is 13.2 Å². The van der Waals surface area contributed by atoms with Gasteiger partial charge < -0.3 is 9.47 Å². The summed E-state index contributed by atoms with van der Waals surface area (Å²) in [5.41, 5.74) is 1.57. The quantitative estimate of drug-likeness (QED) is 0.658. The lowest BCUT2D eigenvalue weighted by Crippen LogP contribution is -2.30. The van der Waals surface area contributed by atoms with E-state index in [2.05, 4.69) is 11.5 Å². The Balaban J connectivity index is 1.85. The van der Waals surface area contributed by atoms with Gasteiger partial charge in [-0.15, -0.1) is 0 Å². The van der Waals surface area contributed by atoms with Crippen LogP contribution in [0.25, 0.3) is 11.0 Å². The second kappa shape index (κ2) is 8.83. The third-order valence-corrected chi connectivity index (χ3v) is 7.84. The molecule has 0 bridgehead atoms. The van der Waals surface area contributed by atoms with Crippen LogP contribution in [0.1, 0.15) is 46.4 Å². The summed E-state index contributed by atoms with van der Waals surface area (Å²) in [5.74, 6) is 1.58. The van der Waals surface area contributed by atoms with Gasteiger partial charge in [0, 0.05) is 45.6 Å². The van der Waals surface area contributed by atoms with Gasteiger partial charge in [-0.05, 0) is 37.5 Å². The van der Waals surface area contributed by atoms with Gasteiger partial charge in [0.25, 0.3) is 0 Å². The summed E-state index contributed by atoms with van der Waals surface area (Å²) in [7, 11) is -3.52. The molecule has 1 aliphatic heterocycles. The third-order valence-electron chi connectivity index (χ3n) is 5.80. The minimum atomic E-state index is -3.52. The van der Waals surface area contributed by atoms with Crippen molar-refractivity contribution >= 4 is 27.0 Å². The number of benzene rings is 1. The van der Waals surface area contributed by atoms with E-state index in [4.69, 9.17) is 4.98 Å². The zero-order valence-corrected chi connectivity index (χ0v) is 18.7. The van der Waals surface area contributed by atoms with Gasteiger partial charge >= 0.3 is 0 Å². The number of aryl methyl sites for hydroxylation is 2. The highest BCUT2D eigenvalue weighted by atomic mass is 32.2. The summed E-state index contributed by atoms with van der Waals surface area (Å²) in [6.07, 6.45) is 2.06. The second-order valence-electron chi connectivity index (χ2n) is 7.75. The van der Waals surface area contributed by atoms with Crippen molar-refractivity contribution in [2.75, 3.05) is 26.2 Å². The van der Waals surface area contributed by atoms with Crippen LogP contribution in [0.5, 0.6) is 0 Å². The van der Waals surface area contributed by atoms with Gasteiger partial charge in [-0.2, -0.15) is 4.31 Å². The molecule has 1 aromatic heterocycles. The first kappa shape index (κ1) is 21.8. The first-order valence-corrected chi connectivity index (χ1v) is 12.0. The Bertz CT molecular complexity index is 979. The second-order valence-corrected chi connectivity index (χ2v) is 9.68. The van der Waals surface area contributed by atoms with E-state index < -0.39 is 10.0 Å². The number of carbonyl (C=O) groups is 1. The Labute approximate surface area is 173 Å². The molecule has 1 fully saturated rings. The molecule has 1 atom stereocenters. The number of carbonyl (C=O) groups excluding carboxylic acids is 1. The average Bonchev–Trinajstić information content (AvgIpc) is 3.29. The molecule has 2 heterocycles. The number of amides is 1. The standard InChI is InChI=1S/C21H32N4O3S/c1-5-24(6-2)29(27,28)17-8-9-19-18(14-17)22-20(25(19)7-3)10-11-21(26)23-13-12-16(4)15-23/h8-9,14,16H,5-7,10-13,15H2,1-4H3. The van der Waals surface area contributed by atoms with E-state index in [0.29, 0.717) is 37.4 Å². The van der Waals surface area contributed by atoms with Crippen molar-refractivity contribution in [2.24, 2.45) is 5.92 Å². The zero-order valence-electron chi connectivity index (χ0n) is 17.9. The topological polar surface area (TPSA) is 75.5 Å². The molecule has 1 aliphatic rings. The summed E-state index contributed by atoms with van der Waals surface area (Å²) in [6.45, 7) is 11.2. The number of hydrogen-bond donors (Lipinski definition) is 0. The molecule has 1 unspecified atom stereocenters. The van der Waals surface area contributed by atoms with Crippen molar-refractivity contribution in [1.82, 2.24) is 18.8 Å². The van der Waals surface area contributed by atoms with E-state index in [1.165, 1.54) is 4.31 Å². The van der Waals surface area contributed by atoms with Crippen LogP contribution in [-0.2, 0) is 27.8 Å². The van der Waals surface area contributed by atoms with Crippen LogP contribution in [0.3, 0.4) is 0 Å². The number of nitrogens with zero attached hydrogens (tertiary/aromatic N) is 4. The fourth-order valence-electron chi connectivity index (χ4n) is 4.11. The molecule has 0 spiro atoms. The fraction of sp³-hybridized carbons (Fsp3) is 0.619. The molecule has 29 heavy (non-hydrogen) atoms. The van der Waals surface area contributed by atoms with Gasteiger partial charge in [-0.1, -0.05) is 20.8 Å². The van der Waals surface area contributed by atoms with E-state index in [1.54, 1.807) is 12.1 Å². The number of rotatable bonds is 8. The number of sulfonamides is 1. The maximum absolute atomic E-state index is 12.8. The first-order chi connectivity index (χ1) is 13.8. The minimum Gasteiger partial charge on any atom is -0.342 e. The van der Waals surface area contributed by atoms with Crippen molar-refractivity contribution in [1.29, 1.82) is 0 Å². The number of hydrogen-bond acceptors (Lipinski definition) is 4. The molecule has 0 radical (unpaired) electrons. The van der Waals surface area contributed by atoms with E-state index in [0.717, 1.165) is 37.4 Å². The number of fused-ring (bicyclic) bond motifs is 1. The molecule has 7 nitrogen and oxygen atoms in total. The Kier molecular flexibility index (Phi) is 6.63. The molecule has 0 aliphatic carbocycles. The van der Waals surface area contributed by atoms with Gasteiger partial charge in [-0.25, -0.2) is 13.4 Å². The molecular formula is C21H32N4O3S. The monoisotopic (exact) mass is 420 g/mol. The smallest absolute Gasteiger partial charge is 0.243 e. The Morgan fingerprint density at radius 2 is 1.97 bits per heavy atom. The Hall–Kier alpha value is -1.93. The van der Waals surface area contributed by atoms with Crippen molar-refractivity contribution in [2.45, 2.75) is 58.4 Å². The van der Waals surface area contributed by atoms with E-state index in [-0.39, 0.29) is 10.8 Å². The maximum Gasteiger partial charge on any atom is 0.243 e. The zero-order chi connectivity index (χ0) is 21.2. The van der Waals surface area contributed by atoms with Gasteiger partial charge in [0.1, 0.15) is 5.82 Å². The largest absolute Gasteiger partial charge is 0.342 e. The summed E-state index contributed by atoms with van der Waals surface area (Å²) in [5, 5.41) is 0. The predicted octanol–water partition coefficient (Wildman–Crippen LogP) is 2.89. The minimum absolute atomic E-state index is 0.175. The number of aromatic nitrogens is 2. The van der Waals surface area contributed by atoms with Crippen molar-refractivity contribution in [3.8, 4) is 0 Å².